The first-order valence-electron chi connectivity index (χ1n) is 12.8. The van der Waals surface area contributed by atoms with E-state index in [-0.39, 0.29) is 50.9 Å². The van der Waals surface area contributed by atoms with Gasteiger partial charge in [0, 0.05) is 35.5 Å². The lowest BCUT2D eigenvalue weighted by Crippen LogP contribution is -2.49. The number of benzene rings is 2. The average molecular weight is 624 g/mol. The quantitative estimate of drug-likeness (QED) is 0.217. The van der Waals surface area contributed by atoms with Crippen LogP contribution in [-0.4, -0.2) is 64.1 Å². The second kappa shape index (κ2) is 12.2. The fraction of sp³-hybridized carbons (Fsp3) is 0.481. The zero-order valence-corrected chi connectivity index (χ0v) is 25.1. The van der Waals surface area contributed by atoms with Crippen LogP contribution in [0, 0.1) is 17.8 Å². The van der Waals surface area contributed by atoms with Crippen LogP contribution in [0.2, 0.25) is 0 Å². The summed E-state index contributed by atoms with van der Waals surface area (Å²) < 4.78 is 13.7. The van der Waals surface area contributed by atoms with Gasteiger partial charge in [0.1, 0.15) is 18.1 Å². The number of amides is 4. The lowest BCUT2D eigenvalue weighted by atomic mass is 9.94. The molecule has 0 aromatic heterocycles. The standard InChI is InChI=1S/C27H35BrN3O7P/c1-14(2)9-16(24(33)30-21(10-15(3)4)25(34)29-5)12-39(37,38)13-31-26(35)18-8-6-7-17-22(18)19(27(31)36)11-20(28)23(17)32/h6-8,11,14-16,21,32H,9-10,12-13H2,1-5H3,(H,29,34)(H,30,33)(H,37,38)/t16?,21-/m0/s1. The van der Waals surface area contributed by atoms with Crippen molar-refractivity contribution < 1.29 is 33.7 Å². The SMILES string of the molecule is CNC(=O)[C@H](CC(C)C)NC(=O)C(CC(C)C)CP(=O)(O)CN1C(=O)c2cccc3c(O)c(Br)cc(c23)C1=O. The molecule has 10 nitrogen and oxygen atoms in total. The number of hydrogen-bond acceptors (Lipinski definition) is 6. The molecule has 12 heteroatoms. The van der Waals surface area contributed by atoms with Crippen LogP contribution in [0.3, 0.4) is 0 Å². The first-order chi connectivity index (χ1) is 18.2. The molecule has 0 aliphatic carbocycles. The zero-order valence-electron chi connectivity index (χ0n) is 22.7. The number of rotatable bonds is 11. The highest BCUT2D eigenvalue weighted by Crippen LogP contribution is 2.47. The predicted octanol–water partition coefficient (Wildman–Crippen LogP) is 4.07. The average Bonchev–Trinajstić information content (AvgIpc) is 2.85. The normalized spacial score (nSPS) is 16.4. The summed E-state index contributed by atoms with van der Waals surface area (Å²) in [6, 6.07) is 5.21. The predicted molar refractivity (Wildman–Crippen MR) is 152 cm³/mol. The van der Waals surface area contributed by atoms with Gasteiger partial charge in [-0.2, -0.15) is 0 Å². The van der Waals surface area contributed by atoms with Crippen LogP contribution in [0.4, 0.5) is 0 Å². The molecule has 3 rings (SSSR count). The molecule has 0 saturated carbocycles. The van der Waals surface area contributed by atoms with Crippen LogP contribution < -0.4 is 10.6 Å². The second-order valence-corrected chi connectivity index (χ2v) is 14.0. The fourth-order valence-electron chi connectivity index (χ4n) is 4.92. The molecule has 4 N–H and O–H groups in total. The van der Waals surface area contributed by atoms with E-state index in [0.29, 0.717) is 11.8 Å². The summed E-state index contributed by atoms with van der Waals surface area (Å²) in [5.41, 5.74) is 0.243. The van der Waals surface area contributed by atoms with Crippen molar-refractivity contribution in [2.45, 2.75) is 46.6 Å². The van der Waals surface area contributed by atoms with Gasteiger partial charge in [0.2, 0.25) is 19.2 Å². The van der Waals surface area contributed by atoms with Crippen molar-refractivity contribution in [3.05, 3.63) is 39.9 Å². The molecule has 3 atom stereocenters. The monoisotopic (exact) mass is 623 g/mol. The molecule has 1 aliphatic rings. The third-order valence-corrected chi connectivity index (χ3v) is 8.96. The van der Waals surface area contributed by atoms with Crippen molar-refractivity contribution in [1.29, 1.82) is 0 Å². The number of aromatic hydroxyl groups is 1. The van der Waals surface area contributed by atoms with Gasteiger partial charge in [0.25, 0.3) is 11.8 Å². The van der Waals surface area contributed by atoms with Crippen LogP contribution in [-0.2, 0) is 14.2 Å². The van der Waals surface area contributed by atoms with E-state index in [2.05, 4.69) is 26.6 Å². The largest absolute Gasteiger partial charge is 0.506 e. The minimum Gasteiger partial charge on any atom is -0.506 e. The highest BCUT2D eigenvalue weighted by Gasteiger charge is 2.40. The molecule has 39 heavy (non-hydrogen) atoms. The summed E-state index contributed by atoms with van der Waals surface area (Å²) in [6.07, 6.45) is -0.573. The molecule has 1 aliphatic heterocycles. The molecular formula is C27H35BrN3O7P. The van der Waals surface area contributed by atoms with Crippen LogP contribution >= 0.6 is 23.3 Å². The van der Waals surface area contributed by atoms with Gasteiger partial charge < -0.3 is 20.6 Å². The summed E-state index contributed by atoms with van der Waals surface area (Å²) in [5, 5.41) is 16.3. The Bertz CT molecular complexity index is 1360. The number of halogens is 1. The number of carbonyl (C=O) groups is 4. The van der Waals surface area contributed by atoms with E-state index >= 15 is 0 Å². The van der Waals surface area contributed by atoms with Gasteiger partial charge in [-0.15, -0.1) is 0 Å². The molecule has 0 saturated heterocycles. The number of likely N-dealkylation sites (N-methyl/N-ethyl adjacent to an activating group) is 1. The molecule has 0 radical (unpaired) electrons. The Hall–Kier alpha value is -2.75. The Labute approximate surface area is 236 Å². The number of phenols is 1. The summed E-state index contributed by atoms with van der Waals surface area (Å²) in [4.78, 5) is 64.0. The van der Waals surface area contributed by atoms with Gasteiger partial charge in [-0.3, -0.25) is 28.6 Å². The van der Waals surface area contributed by atoms with Crippen LogP contribution in [0.5, 0.6) is 5.75 Å². The van der Waals surface area contributed by atoms with E-state index in [1.807, 2.05) is 27.7 Å². The van der Waals surface area contributed by atoms with E-state index in [1.165, 1.54) is 19.2 Å². The molecule has 2 unspecified atom stereocenters. The minimum atomic E-state index is -4.25. The van der Waals surface area contributed by atoms with E-state index in [0.717, 1.165) is 4.90 Å². The maximum Gasteiger partial charge on any atom is 0.261 e. The molecular weight excluding hydrogens is 589 g/mol. The maximum absolute atomic E-state index is 13.5. The Balaban J connectivity index is 1.87. The fourth-order valence-corrected chi connectivity index (χ4v) is 7.18. The molecule has 0 spiro atoms. The van der Waals surface area contributed by atoms with Crippen LogP contribution in [0.1, 0.15) is 61.3 Å². The Morgan fingerprint density at radius 2 is 1.64 bits per heavy atom. The first-order valence-corrected chi connectivity index (χ1v) is 15.6. The Morgan fingerprint density at radius 3 is 2.23 bits per heavy atom. The first kappa shape index (κ1) is 30.8. The van der Waals surface area contributed by atoms with Gasteiger partial charge in [-0.1, -0.05) is 39.8 Å². The van der Waals surface area contributed by atoms with Crippen molar-refractivity contribution in [3.8, 4) is 5.75 Å². The summed E-state index contributed by atoms with van der Waals surface area (Å²) in [7, 11) is -2.78. The van der Waals surface area contributed by atoms with E-state index in [9.17, 15) is 33.7 Å². The van der Waals surface area contributed by atoms with Crippen molar-refractivity contribution in [2.75, 3.05) is 19.5 Å². The molecule has 0 fully saturated rings. The zero-order chi connectivity index (χ0) is 29.2. The Morgan fingerprint density at radius 1 is 1.03 bits per heavy atom. The van der Waals surface area contributed by atoms with E-state index in [4.69, 9.17) is 0 Å². The molecule has 2 aromatic rings. The lowest BCUT2D eigenvalue weighted by molar-refractivity contribution is -0.131. The molecule has 1 heterocycles. The summed E-state index contributed by atoms with van der Waals surface area (Å²) in [6.45, 7) is 7.58. The lowest BCUT2D eigenvalue weighted by Gasteiger charge is -2.30. The van der Waals surface area contributed by atoms with Gasteiger partial charge in [-0.25, -0.2) is 0 Å². The number of hydrogen-bond donors (Lipinski definition) is 4. The molecule has 4 amide bonds. The molecule has 212 valence electrons. The van der Waals surface area contributed by atoms with Gasteiger partial charge in [0.05, 0.1) is 10.0 Å². The Kier molecular flexibility index (Phi) is 9.62. The number of nitrogens with zero attached hydrogens (tertiary/aromatic N) is 1. The third-order valence-electron chi connectivity index (χ3n) is 6.62. The minimum absolute atomic E-state index is 0.00272. The summed E-state index contributed by atoms with van der Waals surface area (Å²) in [5.74, 6) is -3.33. The highest BCUT2D eigenvalue weighted by atomic mass is 79.9. The maximum atomic E-state index is 13.5. The van der Waals surface area contributed by atoms with Gasteiger partial charge in [0.15, 0.2) is 0 Å². The third kappa shape index (κ3) is 6.88. The topological polar surface area (TPSA) is 153 Å². The van der Waals surface area contributed by atoms with Crippen LogP contribution in [0.25, 0.3) is 10.8 Å². The molecule has 2 aromatic carbocycles. The number of phenolic OH excluding ortho intramolecular Hbond substituents is 1. The number of nitrogens with one attached hydrogen (secondary N) is 2. The molecule has 0 bridgehead atoms. The smallest absolute Gasteiger partial charge is 0.261 e. The van der Waals surface area contributed by atoms with E-state index < -0.39 is 49.5 Å². The van der Waals surface area contributed by atoms with Crippen molar-refractivity contribution in [1.82, 2.24) is 15.5 Å². The number of imide groups is 1. The van der Waals surface area contributed by atoms with Crippen LogP contribution in [0.15, 0.2) is 28.7 Å². The van der Waals surface area contributed by atoms with Crippen molar-refractivity contribution >= 4 is 57.7 Å². The summed E-state index contributed by atoms with van der Waals surface area (Å²) >= 11 is 3.22. The van der Waals surface area contributed by atoms with E-state index in [1.54, 1.807) is 12.1 Å². The second-order valence-electron chi connectivity index (χ2n) is 10.8. The number of carbonyl (C=O) groups excluding carboxylic acids is 4. The van der Waals surface area contributed by atoms with Crippen molar-refractivity contribution in [2.24, 2.45) is 17.8 Å². The van der Waals surface area contributed by atoms with Crippen molar-refractivity contribution in [3.63, 3.8) is 0 Å². The highest BCUT2D eigenvalue weighted by molar-refractivity contribution is 9.10. The van der Waals surface area contributed by atoms with Gasteiger partial charge >= 0.3 is 0 Å². The van der Waals surface area contributed by atoms with Gasteiger partial charge in [-0.05, 0) is 52.7 Å².